The quantitative estimate of drug-likeness (QED) is 0.511. The number of amides is 2. The van der Waals surface area contributed by atoms with Crippen molar-refractivity contribution in [3.8, 4) is 0 Å². The Hall–Kier alpha value is -2.90. The van der Waals surface area contributed by atoms with Crippen LogP contribution in [0.25, 0.3) is 0 Å². The van der Waals surface area contributed by atoms with Gasteiger partial charge in [-0.15, -0.1) is 0 Å². The molecule has 8 heteroatoms. The van der Waals surface area contributed by atoms with E-state index in [0.29, 0.717) is 4.90 Å². The lowest BCUT2D eigenvalue weighted by molar-refractivity contribution is -0.147. The highest BCUT2D eigenvalue weighted by molar-refractivity contribution is 6.24. The molecule has 1 unspecified atom stereocenters. The van der Waals surface area contributed by atoms with Gasteiger partial charge >= 0.3 is 11.9 Å². The summed E-state index contributed by atoms with van der Waals surface area (Å²) >= 11 is 0. The second-order valence-corrected chi connectivity index (χ2v) is 4.20. The van der Waals surface area contributed by atoms with Gasteiger partial charge in [-0.2, -0.15) is 0 Å². The number of carboxylic acids is 2. The molecular formula is C12H10N2O6. The number of imide groups is 1. The number of anilines is 1. The molecule has 1 aromatic rings. The first-order valence-corrected chi connectivity index (χ1v) is 5.55. The Bertz CT molecular complexity index is 639. The fraction of sp³-hybridized carbons (Fsp3) is 0.167. The molecule has 0 aliphatic carbocycles. The number of rotatable bonds is 4. The maximum absolute atomic E-state index is 12.1. The molecule has 1 aromatic carbocycles. The summed E-state index contributed by atoms with van der Waals surface area (Å²) in [5.74, 6) is -4.75. The van der Waals surface area contributed by atoms with Gasteiger partial charge in [0.1, 0.15) is 6.04 Å². The molecule has 20 heavy (non-hydrogen) atoms. The molecule has 0 aromatic heterocycles. The molecule has 4 N–H and O–H groups in total. The third-order valence-corrected chi connectivity index (χ3v) is 2.94. The Morgan fingerprint density at radius 3 is 2.35 bits per heavy atom. The molecule has 0 fully saturated rings. The van der Waals surface area contributed by atoms with Crippen LogP contribution in [0.4, 0.5) is 5.69 Å². The van der Waals surface area contributed by atoms with Crippen molar-refractivity contribution in [1.82, 2.24) is 4.90 Å². The molecule has 104 valence electrons. The summed E-state index contributed by atoms with van der Waals surface area (Å²) in [5.41, 5.74) is 5.53. The lowest BCUT2D eigenvalue weighted by atomic mass is 10.1. The van der Waals surface area contributed by atoms with Gasteiger partial charge in [0, 0.05) is 5.69 Å². The Balaban J connectivity index is 2.48. The fourth-order valence-corrected chi connectivity index (χ4v) is 2.07. The van der Waals surface area contributed by atoms with Crippen LogP contribution < -0.4 is 5.73 Å². The monoisotopic (exact) mass is 278 g/mol. The summed E-state index contributed by atoms with van der Waals surface area (Å²) in [7, 11) is 0. The molecule has 0 bridgehead atoms. The van der Waals surface area contributed by atoms with Gasteiger partial charge in [-0.25, -0.2) is 4.79 Å². The number of nitrogens with two attached hydrogens (primary N) is 1. The zero-order chi connectivity index (χ0) is 15.0. The maximum atomic E-state index is 12.1. The van der Waals surface area contributed by atoms with Gasteiger partial charge in [-0.3, -0.25) is 19.3 Å². The topological polar surface area (TPSA) is 138 Å². The van der Waals surface area contributed by atoms with E-state index in [1.165, 1.54) is 18.2 Å². The highest BCUT2D eigenvalue weighted by atomic mass is 16.4. The molecule has 8 nitrogen and oxygen atoms in total. The standard InChI is InChI=1S/C12H10N2O6/c13-6-3-1-2-5-9(6)11(18)14(10(5)17)7(12(19)20)4-8(15)16/h1-3,7H,4,13H2,(H,15,16)(H,19,20). The number of aliphatic carboxylic acids is 2. The molecule has 0 spiro atoms. The van der Waals surface area contributed by atoms with Crippen LogP contribution in [0.2, 0.25) is 0 Å². The minimum atomic E-state index is -1.76. The second kappa shape index (κ2) is 4.65. The average Bonchev–Trinajstić information content (AvgIpc) is 2.60. The molecule has 1 aliphatic rings. The number of hydrogen-bond acceptors (Lipinski definition) is 5. The van der Waals surface area contributed by atoms with Crippen LogP contribution in [0, 0.1) is 0 Å². The molecule has 1 aliphatic heterocycles. The third kappa shape index (κ3) is 1.96. The molecule has 0 saturated carbocycles. The van der Waals surface area contributed by atoms with Crippen LogP contribution >= 0.6 is 0 Å². The predicted octanol–water partition coefficient (Wildman–Crippen LogP) is -0.207. The summed E-state index contributed by atoms with van der Waals surface area (Å²) in [4.78, 5) is 46.4. The molecule has 0 saturated heterocycles. The summed E-state index contributed by atoms with van der Waals surface area (Å²) in [6.07, 6.45) is -0.874. The van der Waals surface area contributed by atoms with E-state index in [2.05, 4.69) is 0 Å². The van der Waals surface area contributed by atoms with Crippen molar-refractivity contribution < 1.29 is 29.4 Å². The van der Waals surface area contributed by atoms with Gasteiger partial charge in [0.25, 0.3) is 11.8 Å². The minimum Gasteiger partial charge on any atom is -0.481 e. The van der Waals surface area contributed by atoms with Gasteiger partial charge in [0.2, 0.25) is 0 Å². The number of nitrogen functional groups attached to an aromatic ring is 1. The van der Waals surface area contributed by atoms with E-state index in [4.69, 9.17) is 15.9 Å². The van der Waals surface area contributed by atoms with Crippen molar-refractivity contribution in [2.24, 2.45) is 0 Å². The van der Waals surface area contributed by atoms with E-state index >= 15 is 0 Å². The summed E-state index contributed by atoms with van der Waals surface area (Å²) < 4.78 is 0. The van der Waals surface area contributed by atoms with Gasteiger partial charge in [0.15, 0.2) is 0 Å². The summed E-state index contributed by atoms with van der Waals surface area (Å²) in [6.45, 7) is 0. The van der Waals surface area contributed by atoms with Crippen LogP contribution in [0.5, 0.6) is 0 Å². The van der Waals surface area contributed by atoms with Crippen molar-refractivity contribution in [3.05, 3.63) is 29.3 Å². The Morgan fingerprint density at radius 2 is 1.85 bits per heavy atom. The number of fused-ring (bicyclic) bond motifs is 1. The number of carboxylic acid groups (broad SMARTS) is 2. The van der Waals surface area contributed by atoms with Crippen LogP contribution in [0.1, 0.15) is 27.1 Å². The van der Waals surface area contributed by atoms with E-state index in [-0.39, 0.29) is 16.8 Å². The Kier molecular flexibility index (Phi) is 3.15. The maximum Gasteiger partial charge on any atom is 0.327 e. The normalized spacial score (nSPS) is 15.1. The third-order valence-electron chi connectivity index (χ3n) is 2.94. The molecule has 2 rings (SSSR count). The van der Waals surface area contributed by atoms with Gasteiger partial charge in [-0.1, -0.05) is 6.07 Å². The fourth-order valence-electron chi connectivity index (χ4n) is 2.07. The van der Waals surface area contributed by atoms with Crippen LogP contribution in [-0.2, 0) is 9.59 Å². The first-order valence-electron chi connectivity index (χ1n) is 5.55. The van der Waals surface area contributed by atoms with Crippen LogP contribution in [0.15, 0.2) is 18.2 Å². The van der Waals surface area contributed by atoms with Crippen LogP contribution in [0.3, 0.4) is 0 Å². The average molecular weight is 278 g/mol. The summed E-state index contributed by atoms with van der Waals surface area (Å²) in [5, 5.41) is 17.7. The highest BCUT2D eigenvalue weighted by Gasteiger charge is 2.44. The highest BCUT2D eigenvalue weighted by Crippen LogP contribution is 2.29. The zero-order valence-corrected chi connectivity index (χ0v) is 10.1. The summed E-state index contributed by atoms with van der Waals surface area (Å²) in [6, 6.07) is 2.43. The van der Waals surface area contributed by atoms with Crippen molar-refractivity contribution >= 4 is 29.4 Å². The first kappa shape index (κ1) is 13.5. The SMILES string of the molecule is Nc1cccc2c1C(=O)N(C(CC(=O)O)C(=O)O)C2=O. The van der Waals surface area contributed by atoms with E-state index in [9.17, 15) is 19.2 Å². The van der Waals surface area contributed by atoms with Crippen molar-refractivity contribution in [2.45, 2.75) is 12.5 Å². The largest absolute Gasteiger partial charge is 0.481 e. The van der Waals surface area contributed by atoms with Crippen LogP contribution in [-0.4, -0.2) is 44.9 Å². The van der Waals surface area contributed by atoms with Gasteiger partial charge < -0.3 is 15.9 Å². The van der Waals surface area contributed by atoms with Crippen molar-refractivity contribution in [2.75, 3.05) is 5.73 Å². The van der Waals surface area contributed by atoms with Gasteiger partial charge in [-0.05, 0) is 12.1 Å². The number of benzene rings is 1. The number of nitrogens with zero attached hydrogens (tertiary/aromatic N) is 1. The zero-order valence-electron chi connectivity index (χ0n) is 10.1. The first-order chi connectivity index (χ1) is 9.34. The lowest BCUT2D eigenvalue weighted by Crippen LogP contribution is -2.46. The van der Waals surface area contributed by atoms with Gasteiger partial charge in [0.05, 0.1) is 17.5 Å². The van der Waals surface area contributed by atoms with E-state index < -0.39 is 36.2 Å². The number of carbonyl (C=O) groups excluding carboxylic acids is 2. The van der Waals surface area contributed by atoms with E-state index in [1.54, 1.807) is 0 Å². The Morgan fingerprint density at radius 1 is 1.20 bits per heavy atom. The molecule has 2 amide bonds. The smallest absolute Gasteiger partial charge is 0.327 e. The molecular weight excluding hydrogens is 268 g/mol. The molecule has 1 heterocycles. The van der Waals surface area contributed by atoms with E-state index in [0.717, 1.165) is 0 Å². The Labute approximate surface area is 112 Å². The number of hydrogen-bond donors (Lipinski definition) is 3. The minimum absolute atomic E-state index is 0.0216. The lowest BCUT2D eigenvalue weighted by Gasteiger charge is -2.20. The van der Waals surface area contributed by atoms with E-state index in [1.807, 2.05) is 0 Å². The number of carbonyl (C=O) groups is 4. The molecule has 0 radical (unpaired) electrons. The molecule has 1 atom stereocenters. The van der Waals surface area contributed by atoms with Crippen molar-refractivity contribution in [3.63, 3.8) is 0 Å². The second-order valence-electron chi connectivity index (χ2n) is 4.20. The predicted molar refractivity (Wildman–Crippen MR) is 65.0 cm³/mol. The van der Waals surface area contributed by atoms with Crippen molar-refractivity contribution in [1.29, 1.82) is 0 Å².